The van der Waals surface area contributed by atoms with Gasteiger partial charge in [0.05, 0.1) is 0 Å². The minimum absolute atomic E-state index is 0.115. The lowest BCUT2D eigenvalue weighted by molar-refractivity contribution is 0.199. The highest BCUT2D eigenvalue weighted by Crippen LogP contribution is 2.30. The Balaban J connectivity index is 2.32. The van der Waals surface area contributed by atoms with Crippen molar-refractivity contribution < 1.29 is 4.39 Å². The van der Waals surface area contributed by atoms with Crippen LogP contribution in [0.1, 0.15) is 37.9 Å². The van der Waals surface area contributed by atoms with Gasteiger partial charge in [-0.2, -0.15) is 0 Å². The van der Waals surface area contributed by atoms with Gasteiger partial charge < -0.3 is 10.2 Å². The summed E-state index contributed by atoms with van der Waals surface area (Å²) in [5, 5.41) is 3.23. The molecular formula is C17H28FN3. The number of rotatable bonds is 4. The number of anilines is 1. The molecule has 0 amide bonds. The van der Waals surface area contributed by atoms with Crippen LogP contribution in [0.25, 0.3) is 0 Å². The van der Waals surface area contributed by atoms with E-state index in [-0.39, 0.29) is 11.9 Å². The Morgan fingerprint density at radius 2 is 2.10 bits per heavy atom. The third-order valence-electron chi connectivity index (χ3n) is 4.72. The Hall–Kier alpha value is -1.13. The monoisotopic (exact) mass is 293 g/mol. The third kappa shape index (κ3) is 3.38. The van der Waals surface area contributed by atoms with E-state index < -0.39 is 0 Å². The zero-order valence-electron chi connectivity index (χ0n) is 13.9. The molecule has 118 valence electrons. The van der Waals surface area contributed by atoms with E-state index in [1.54, 1.807) is 6.07 Å². The SMILES string of the molecule is CCN1CCN(c2cc(C)c(F)cc2C(C)NC)CC1C. The number of nitrogens with one attached hydrogen (secondary N) is 1. The van der Waals surface area contributed by atoms with Crippen molar-refractivity contribution in [1.82, 2.24) is 10.2 Å². The second-order valence-electron chi connectivity index (χ2n) is 6.09. The van der Waals surface area contributed by atoms with E-state index >= 15 is 0 Å². The highest BCUT2D eigenvalue weighted by Gasteiger charge is 2.25. The number of benzene rings is 1. The minimum atomic E-state index is -0.115. The summed E-state index contributed by atoms with van der Waals surface area (Å²) in [5.41, 5.74) is 2.96. The van der Waals surface area contributed by atoms with Gasteiger partial charge in [-0.3, -0.25) is 4.90 Å². The van der Waals surface area contributed by atoms with Crippen LogP contribution in [-0.2, 0) is 0 Å². The van der Waals surface area contributed by atoms with Crippen LogP contribution >= 0.6 is 0 Å². The van der Waals surface area contributed by atoms with E-state index in [1.807, 2.05) is 20.0 Å². The highest BCUT2D eigenvalue weighted by atomic mass is 19.1. The van der Waals surface area contributed by atoms with Crippen LogP contribution in [0.3, 0.4) is 0 Å². The molecule has 21 heavy (non-hydrogen) atoms. The third-order valence-corrected chi connectivity index (χ3v) is 4.72. The molecule has 1 fully saturated rings. The zero-order valence-corrected chi connectivity index (χ0v) is 13.9. The summed E-state index contributed by atoms with van der Waals surface area (Å²) in [6.45, 7) is 12.6. The van der Waals surface area contributed by atoms with Gasteiger partial charge in [-0.15, -0.1) is 0 Å². The van der Waals surface area contributed by atoms with Crippen molar-refractivity contribution in [3.05, 3.63) is 29.1 Å². The van der Waals surface area contributed by atoms with Crippen molar-refractivity contribution in [2.75, 3.05) is 38.1 Å². The summed E-state index contributed by atoms with van der Waals surface area (Å²) >= 11 is 0. The average molecular weight is 293 g/mol. The van der Waals surface area contributed by atoms with Gasteiger partial charge in [0.1, 0.15) is 5.82 Å². The van der Waals surface area contributed by atoms with Gasteiger partial charge in [-0.25, -0.2) is 4.39 Å². The number of piperazine rings is 1. The van der Waals surface area contributed by atoms with E-state index in [4.69, 9.17) is 0 Å². The first-order chi connectivity index (χ1) is 9.97. The lowest BCUT2D eigenvalue weighted by Gasteiger charge is -2.41. The molecule has 0 aliphatic carbocycles. The van der Waals surface area contributed by atoms with E-state index in [2.05, 4.69) is 35.9 Å². The fourth-order valence-corrected chi connectivity index (χ4v) is 3.14. The Labute approximate surface area is 128 Å². The maximum atomic E-state index is 14.0. The van der Waals surface area contributed by atoms with Crippen LogP contribution in [-0.4, -0.2) is 44.2 Å². The Morgan fingerprint density at radius 3 is 2.67 bits per heavy atom. The Kier molecular flexibility index (Phi) is 5.22. The van der Waals surface area contributed by atoms with Crippen LogP contribution in [0, 0.1) is 12.7 Å². The zero-order chi connectivity index (χ0) is 15.6. The van der Waals surface area contributed by atoms with Gasteiger partial charge >= 0.3 is 0 Å². The summed E-state index contributed by atoms with van der Waals surface area (Å²) in [5.74, 6) is -0.115. The molecule has 1 saturated heterocycles. The topological polar surface area (TPSA) is 18.5 Å². The van der Waals surface area contributed by atoms with Crippen LogP contribution < -0.4 is 10.2 Å². The number of likely N-dealkylation sites (N-methyl/N-ethyl adjacent to an activating group) is 1. The van der Waals surface area contributed by atoms with Crippen LogP contribution in [0.2, 0.25) is 0 Å². The standard InChI is InChI=1S/C17H28FN3/c1-6-20-7-8-21(11-13(20)3)17-9-12(2)16(18)10-15(17)14(4)19-5/h9-10,13-14,19H,6-8,11H2,1-5H3. The molecule has 1 aromatic carbocycles. The molecule has 1 aliphatic heterocycles. The highest BCUT2D eigenvalue weighted by molar-refractivity contribution is 5.57. The predicted octanol–water partition coefficient (Wildman–Crippen LogP) is 2.94. The summed E-state index contributed by atoms with van der Waals surface area (Å²) in [4.78, 5) is 4.90. The van der Waals surface area contributed by atoms with Gasteiger partial charge in [0, 0.05) is 37.4 Å². The first-order valence-electron chi connectivity index (χ1n) is 7.94. The summed E-state index contributed by atoms with van der Waals surface area (Å²) in [6, 6.07) is 4.39. The molecule has 1 heterocycles. The van der Waals surface area contributed by atoms with Crippen molar-refractivity contribution in [3.63, 3.8) is 0 Å². The van der Waals surface area contributed by atoms with Crippen LogP contribution in [0.4, 0.5) is 10.1 Å². The number of halogens is 1. The summed E-state index contributed by atoms with van der Waals surface area (Å²) in [6.07, 6.45) is 0. The molecule has 0 bridgehead atoms. The maximum absolute atomic E-state index is 14.0. The number of nitrogens with zero attached hydrogens (tertiary/aromatic N) is 2. The van der Waals surface area contributed by atoms with E-state index in [1.165, 1.54) is 5.69 Å². The molecule has 1 aromatic rings. The molecule has 0 radical (unpaired) electrons. The summed E-state index contributed by atoms with van der Waals surface area (Å²) in [7, 11) is 1.92. The van der Waals surface area contributed by atoms with Gasteiger partial charge in [-0.05, 0) is 57.6 Å². The molecular weight excluding hydrogens is 265 g/mol. The second-order valence-corrected chi connectivity index (χ2v) is 6.09. The fourth-order valence-electron chi connectivity index (χ4n) is 3.14. The quantitative estimate of drug-likeness (QED) is 0.921. The van der Waals surface area contributed by atoms with Crippen molar-refractivity contribution >= 4 is 5.69 Å². The first-order valence-corrected chi connectivity index (χ1v) is 7.94. The normalized spacial score (nSPS) is 21.6. The lowest BCUT2D eigenvalue weighted by atomic mass is 10.0. The second kappa shape index (κ2) is 6.75. The molecule has 0 aromatic heterocycles. The smallest absolute Gasteiger partial charge is 0.126 e. The number of aryl methyl sites for hydroxylation is 1. The lowest BCUT2D eigenvalue weighted by Crippen LogP contribution is -2.52. The van der Waals surface area contributed by atoms with Crippen molar-refractivity contribution in [1.29, 1.82) is 0 Å². The van der Waals surface area contributed by atoms with Crippen LogP contribution in [0.15, 0.2) is 12.1 Å². The maximum Gasteiger partial charge on any atom is 0.126 e. The molecule has 4 heteroatoms. The summed E-state index contributed by atoms with van der Waals surface area (Å²) < 4.78 is 14.0. The molecule has 2 rings (SSSR count). The van der Waals surface area contributed by atoms with Gasteiger partial charge in [-0.1, -0.05) is 6.92 Å². The molecule has 0 spiro atoms. The Morgan fingerprint density at radius 1 is 1.38 bits per heavy atom. The number of hydrogen-bond donors (Lipinski definition) is 1. The van der Waals surface area contributed by atoms with E-state index in [9.17, 15) is 4.39 Å². The predicted molar refractivity (Wildman–Crippen MR) is 87.5 cm³/mol. The van der Waals surface area contributed by atoms with E-state index in [0.29, 0.717) is 6.04 Å². The van der Waals surface area contributed by atoms with Crippen molar-refractivity contribution in [2.45, 2.75) is 39.8 Å². The molecule has 2 atom stereocenters. The molecule has 2 unspecified atom stereocenters. The molecule has 1 aliphatic rings. The van der Waals surface area contributed by atoms with Crippen molar-refractivity contribution in [2.24, 2.45) is 0 Å². The number of hydrogen-bond acceptors (Lipinski definition) is 3. The van der Waals surface area contributed by atoms with Crippen molar-refractivity contribution in [3.8, 4) is 0 Å². The van der Waals surface area contributed by atoms with Gasteiger partial charge in [0.25, 0.3) is 0 Å². The van der Waals surface area contributed by atoms with Gasteiger partial charge in [0.15, 0.2) is 0 Å². The first kappa shape index (κ1) is 16.2. The molecule has 0 saturated carbocycles. The van der Waals surface area contributed by atoms with E-state index in [0.717, 1.165) is 37.3 Å². The fraction of sp³-hybridized carbons (Fsp3) is 0.647. The Bertz CT molecular complexity index is 489. The molecule has 3 nitrogen and oxygen atoms in total. The minimum Gasteiger partial charge on any atom is -0.368 e. The largest absolute Gasteiger partial charge is 0.368 e. The molecule has 1 N–H and O–H groups in total. The average Bonchev–Trinajstić information content (AvgIpc) is 2.48. The van der Waals surface area contributed by atoms with Gasteiger partial charge in [0.2, 0.25) is 0 Å². The van der Waals surface area contributed by atoms with Crippen LogP contribution in [0.5, 0.6) is 0 Å².